The number of hydrogen-bond acceptors (Lipinski definition) is 4. The second kappa shape index (κ2) is 6.89. The second-order valence-electron chi connectivity index (χ2n) is 5.43. The Labute approximate surface area is 148 Å². The molecule has 0 fully saturated rings. The van der Waals surface area contributed by atoms with Crippen LogP contribution in [0.2, 0.25) is 0 Å². The van der Waals surface area contributed by atoms with Crippen LogP contribution in [0.15, 0.2) is 48.5 Å². The van der Waals surface area contributed by atoms with E-state index in [1.807, 2.05) is 0 Å². The molecular formula is C16H10F6N4O. The summed E-state index contributed by atoms with van der Waals surface area (Å²) >= 11 is 0. The van der Waals surface area contributed by atoms with E-state index in [2.05, 4.69) is 15.5 Å². The fraction of sp³-hybridized carbons (Fsp3) is 0.188. The number of tetrazole rings is 1. The van der Waals surface area contributed by atoms with E-state index in [1.165, 1.54) is 24.3 Å². The molecule has 2 aromatic carbocycles. The van der Waals surface area contributed by atoms with Crippen LogP contribution in [0.4, 0.5) is 26.3 Å². The van der Waals surface area contributed by atoms with Crippen LogP contribution >= 0.6 is 0 Å². The molecule has 0 aliphatic rings. The van der Waals surface area contributed by atoms with Crippen molar-refractivity contribution < 1.29 is 31.2 Å². The van der Waals surface area contributed by atoms with Gasteiger partial charge in [0.15, 0.2) is 0 Å². The lowest BCUT2D eigenvalue weighted by Crippen LogP contribution is -2.15. The Morgan fingerprint density at radius 1 is 0.852 bits per heavy atom. The highest BCUT2D eigenvalue weighted by Crippen LogP contribution is 2.32. The van der Waals surface area contributed by atoms with E-state index in [0.29, 0.717) is 0 Å². The van der Waals surface area contributed by atoms with Gasteiger partial charge in [0.2, 0.25) is 5.82 Å². The molecule has 0 spiro atoms. The van der Waals surface area contributed by atoms with Crippen molar-refractivity contribution in [3.8, 4) is 11.4 Å². The molecule has 1 aromatic heterocycles. The average molecular weight is 388 g/mol. The Bertz CT molecular complexity index is 935. The van der Waals surface area contributed by atoms with Crippen molar-refractivity contribution in [2.24, 2.45) is 0 Å². The lowest BCUT2D eigenvalue weighted by Gasteiger charge is -2.11. The van der Waals surface area contributed by atoms with Gasteiger partial charge in [0.1, 0.15) is 6.61 Å². The summed E-state index contributed by atoms with van der Waals surface area (Å²) < 4.78 is 76.7. The quantitative estimate of drug-likeness (QED) is 0.634. The number of alkyl halides is 6. The van der Waals surface area contributed by atoms with Gasteiger partial charge in [-0.15, -0.1) is 5.10 Å². The summed E-state index contributed by atoms with van der Waals surface area (Å²) in [6.45, 7) is -0.319. The lowest BCUT2D eigenvalue weighted by molar-refractivity contribution is -0.138. The minimum absolute atomic E-state index is 0.0406. The Kier molecular flexibility index (Phi) is 4.77. The Morgan fingerprint density at radius 2 is 1.48 bits per heavy atom. The first kappa shape index (κ1) is 18.7. The maximum Gasteiger partial charge on any atom is 0.416 e. The molecule has 0 atom stereocenters. The predicted octanol–water partition coefficient (Wildman–Crippen LogP) is 4.01. The minimum atomic E-state index is -4.55. The molecule has 11 heteroatoms. The van der Waals surface area contributed by atoms with Crippen molar-refractivity contribution in [2.75, 3.05) is 0 Å². The van der Waals surface area contributed by atoms with Gasteiger partial charge in [-0.3, -0.25) is 0 Å². The van der Waals surface area contributed by atoms with Crippen LogP contribution in [0.5, 0.6) is 0 Å². The molecule has 3 aromatic rings. The van der Waals surface area contributed by atoms with Crippen molar-refractivity contribution in [1.82, 2.24) is 20.4 Å². The molecule has 1 heterocycles. The molecule has 27 heavy (non-hydrogen) atoms. The molecule has 0 N–H and O–H groups in total. The Morgan fingerprint density at radius 3 is 2.15 bits per heavy atom. The average Bonchev–Trinajstić information content (AvgIpc) is 3.07. The number of benzene rings is 2. The first-order valence-electron chi connectivity index (χ1n) is 7.40. The fourth-order valence-corrected chi connectivity index (χ4v) is 2.24. The molecule has 0 saturated carbocycles. The smallest absolute Gasteiger partial charge is 0.389 e. The highest BCUT2D eigenvalue weighted by atomic mass is 19.4. The van der Waals surface area contributed by atoms with Crippen LogP contribution in [-0.4, -0.2) is 20.4 Å². The van der Waals surface area contributed by atoms with Crippen molar-refractivity contribution in [2.45, 2.75) is 19.0 Å². The van der Waals surface area contributed by atoms with Gasteiger partial charge in [0.05, 0.1) is 11.1 Å². The van der Waals surface area contributed by atoms with Gasteiger partial charge in [-0.2, -0.15) is 26.3 Å². The van der Waals surface area contributed by atoms with Crippen LogP contribution < -0.4 is 4.84 Å². The molecule has 3 rings (SSSR count). The van der Waals surface area contributed by atoms with E-state index < -0.39 is 23.5 Å². The SMILES string of the molecule is FC(F)(F)c1cccc(COn2nnnc2-c2cccc(C(F)(F)F)c2)c1. The molecular weight excluding hydrogens is 378 g/mol. The van der Waals surface area contributed by atoms with Crippen molar-refractivity contribution in [3.63, 3.8) is 0 Å². The van der Waals surface area contributed by atoms with Gasteiger partial charge in [-0.1, -0.05) is 29.1 Å². The maximum absolute atomic E-state index is 12.8. The second-order valence-corrected chi connectivity index (χ2v) is 5.43. The first-order valence-corrected chi connectivity index (χ1v) is 7.40. The van der Waals surface area contributed by atoms with E-state index >= 15 is 0 Å². The molecule has 0 unspecified atom stereocenters. The third-order valence-corrected chi connectivity index (χ3v) is 3.50. The summed E-state index contributed by atoms with van der Waals surface area (Å²) in [6.07, 6.45) is -9.05. The molecule has 0 amide bonds. The van der Waals surface area contributed by atoms with Gasteiger partial charge >= 0.3 is 12.4 Å². The maximum atomic E-state index is 12.8. The summed E-state index contributed by atoms with van der Waals surface area (Å²) in [5, 5.41) is 10.4. The van der Waals surface area contributed by atoms with E-state index in [9.17, 15) is 26.3 Å². The largest absolute Gasteiger partial charge is 0.416 e. The van der Waals surface area contributed by atoms with E-state index in [0.717, 1.165) is 29.1 Å². The number of hydrogen-bond donors (Lipinski definition) is 0. The number of halogens is 6. The molecule has 0 radical (unpaired) electrons. The Hall–Kier alpha value is -3.11. The molecule has 0 saturated heterocycles. The summed E-state index contributed by atoms with van der Waals surface area (Å²) in [5.74, 6) is -0.118. The van der Waals surface area contributed by atoms with E-state index in [-0.39, 0.29) is 23.6 Å². The summed E-state index contributed by atoms with van der Waals surface area (Å²) in [7, 11) is 0. The topological polar surface area (TPSA) is 52.8 Å². The zero-order chi connectivity index (χ0) is 19.7. The van der Waals surface area contributed by atoms with Crippen LogP contribution in [-0.2, 0) is 19.0 Å². The number of rotatable bonds is 4. The molecule has 142 valence electrons. The molecule has 0 aliphatic heterocycles. The first-order chi connectivity index (χ1) is 12.6. The molecule has 0 aliphatic carbocycles. The van der Waals surface area contributed by atoms with Crippen LogP contribution in [0.25, 0.3) is 11.4 Å². The Balaban J connectivity index is 1.81. The van der Waals surface area contributed by atoms with E-state index in [4.69, 9.17) is 4.84 Å². The van der Waals surface area contributed by atoms with Gasteiger partial charge in [0, 0.05) is 5.56 Å². The molecule has 0 bridgehead atoms. The van der Waals surface area contributed by atoms with Crippen LogP contribution in [0.3, 0.4) is 0 Å². The lowest BCUT2D eigenvalue weighted by atomic mass is 10.1. The van der Waals surface area contributed by atoms with Gasteiger partial charge < -0.3 is 4.84 Å². The highest BCUT2D eigenvalue weighted by molar-refractivity contribution is 5.55. The summed E-state index contributed by atoms with van der Waals surface area (Å²) in [5.41, 5.74) is -1.51. The van der Waals surface area contributed by atoms with Crippen molar-refractivity contribution >= 4 is 0 Å². The number of nitrogens with zero attached hydrogens (tertiary/aromatic N) is 4. The zero-order valence-corrected chi connectivity index (χ0v) is 13.3. The summed E-state index contributed by atoms with van der Waals surface area (Å²) in [6, 6.07) is 8.70. The van der Waals surface area contributed by atoms with Gasteiger partial charge in [0.25, 0.3) is 0 Å². The summed E-state index contributed by atoms with van der Waals surface area (Å²) in [4.78, 5) is 6.00. The van der Waals surface area contributed by atoms with Crippen molar-refractivity contribution in [1.29, 1.82) is 0 Å². The highest BCUT2D eigenvalue weighted by Gasteiger charge is 2.31. The third-order valence-electron chi connectivity index (χ3n) is 3.50. The minimum Gasteiger partial charge on any atom is -0.389 e. The van der Waals surface area contributed by atoms with Crippen LogP contribution in [0, 0.1) is 0 Å². The number of aromatic nitrogens is 4. The van der Waals surface area contributed by atoms with Gasteiger partial charge in [-0.25, -0.2) is 0 Å². The third kappa shape index (κ3) is 4.36. The van der Waals surface area contributed by atoms with Gasteiger partial charge in [-0.05, 0) is 40.3 Å². The van der Waals surface area contributed by atoms with Crippen molar-refractivity contribution in [3.05, 3.63) is 65.2 Å². The fourth-order valence-electron chi connectivity index (χ4n) is 2.24. The predicted molar refractivity (Wildman–Crippen MR) is 80.0 cm³/mol. The zero-order valence-electron chi connectivity index (χ0n) is 13.3. The van der Waals surface area contributed by atoms with Crippen LogP contribution in [0.1, 0.15) is 16.7 Å². The normalized spacial score (nSPS) is 12.2. The molecule has 5 nitrogen and oxygen atoms in total. The standard InChI is InChI=1S/C16H10F6N4O/c17-15(18,19)12-5-1-3-10(7-12)9-27-26-14(23-24-25-26)11-4-2-6-13(8-11)16(20,21)22/h1-8H,9H2. The monoisotopic (exact) mass is 388 g/mol. The van der Waals surface area contributed by atoms with E-state index in [1.54, 1.807) is 0 Å².